The molecule has 0 aliphatic heterocycles. The van der Waals surface area contributed by atoms with Gasteiger partial charge in [-0.2, -0.15) is 0 Å². The third-order valence-electron chi connectivity index (χ3n) is 22.2. The van der Waals surface area contributed by atoms with Gasteiger partial charge < -0.3 is 18.3 Å². The molecule has 0 aliphatic rings. The second kappa shape index (κ2) is 26.0. The number of aryl methyl sites for hydroxylation is 2. The first kappa shape index (κ1) is 67.5. The lowest BCUT2D eigenvalue weighted by Gasteiger charge is -2.20. The van der Waals surface area contributed by atoms with Crippen molar-refractivity contribution in [2.24, 2.45) is 0 Å². The number of nitrogens with zero attached hydrogens (tertiary/aromatic N) is 8. The molecule has 16 heteroatoms. The van der Waals surface area contributed by atoms with Crippen molar-refractivity contribution in [3.05, 3.63) is 362 Å². The normalized spacial score (nSPS) is 11.9. The minimum atomic E-state index is -0.400. The maximum atomic E-state index is 14.7. The van der Waals surface area contributed by atoms with Gasteiger partial charge in [-0.15, -0.1) is 0 Å². The molecule has 0 amide bonds. The number of rotatable bonds is 8. The number of hydrogen-bond acceptors (Lipinski definition) is 4. The zero-order valence-corrected chi connectivity index (χ0v) is 60.5. The predicted octanol–water partition coefficient (Wildman–Crippen LogP) is 26.4. The topological polar surface area (TPSA) is 71.3 Å². The fraction of sp³-hybridized carbons (Fsp3) is 0.0204. The Morgan fingerprint density at radius 2 is 0.447 bits per heavy atom. The average Bonchev–Trinajstić information content (AvgIpc) is 1.22. The molecule has 0 saturated carbocycles. The third-order valence-corrected chi connectivity index (χ3v) is 22.2. The van der Waals surface area contributed by atoms with Crippen molar-refractivity contribution in [2.45, 2.75) is 13.8 Å². The number of halogens is 8. The van der Waals surface area contributed by atoms with Crippen LogP contribution in [-0.4, -0.2) is 38.2 Å². The van der Waals surface area contributed by atoms with E-state index >= 15 is 0 Å². The molecular formula is C98H56F8N8. The summed E-state index contributed by atoms with van der Waals surface area (Å²) in [5, 5.41) is 12.4. The molecule has 8 aromatic heterocycles. The van der Waals surface area contributed by atoms with Crippen molar-refractivity contribution in [2.75, 3.05) is 0 Å². The Kier molecular flexibility index (Phi) is 15.4. The van der Waals surface area contributed by atoms with Crippen LogP contribution in [-0.2, 0) is 0 Å². The van der Waals surface area contributed by atoms with Gasteiger partial charge in [0.2, 0.25) is 0 Å². The van der Waals surface area contributed by atoms with E-state index in [1.54, 1.807) is 60.9 Å². The Hall–Kier alpha value is -14.6. The molecule has 0 radical (unpaired) electrons. The minimum Gasteiger partial charge on any atom is -0.309 e. The summed E-state index contributed by atoms with van der Waals surface area (Å²) < 4.78 is 125. The maximum absolute atomic E-state index is 14.7. The van der Waals surface area contributed by atoms with E-state index in [1.165, 1.54) is 97.1 Å². The van der Waals surface area contributed by atoms with Gasteiger partial charge in [-0.3, -0.25) is 19.9 Å². The van der Waals surface area contributed by atoms with Gasteiger partial charge in [0, 0.05) is 125 Å². The number of fused-ring (bicyclic) bond motifs is 16. The second-order valence-electron chi connectivity index (χ2n) is 29.0. The smallest absolute Gasteiger partial charge is 0.123 e. The first-order valence-corrected chi connectivity index (χ1v) is 36.9. The average molecular weight is 1500 g/mol. The molecule has 114 heavy (non-hydrogen) atoms. The number of pyridine rings is 4. The zero-order chi connectivity index (χ0) is 77.1. The molecule has 0 N–H and O–H groups in total. The van der Waals surface area contributed by atoms with E-state index in [9.17, 15) is 35.1 Å². The van der Waals surface area contributed by atoms with Crippen molar-refractivity contribution in [1.82, 2.24) is 38.2 Å². The SMILES string of the molecule is Cc1ccc(-c2c3ccc(-n4c5ccc(F)cc5c5cc(F)ccc54)cc3c(-c3ccc(C)cn3)c3ccc(-n4c5ccc(F)cc5c5cc(F)ccc54)cc23)nc1.Fc1ccc2c(c1)c1cc(F)ccc1n2-c1ccc2c(-c3cccnc3)c3cc(-n4c5ccc(F)cc5c5cc(F)ccc54)ccc3c(-c3cccnc3)c2c1. The molecular weight excluding hydrogens is 1440 g/mol. The van der Waals surface area contributed by atoms with Crippen molar-refractivity contribution in [3.63, 3.8) is 0 Å². The van der Waals surface area contributed by atoms with Crippen LogP contribution in [0.2, 0.25) is 0 Å². The summed E-state index contributed by atoms with van der Waals surface area (Å²) in [6, 6.07) is 77.9. The van der Waals surface area contributed by atoms with Crippen LogP contribution in [0, 0.1) is 60.4 Å². The molecule has 22 aromatic rings. The van der Waals surface area contributed by atoms with E-state index < -0.39 is 46.5 Å². The van der Waals surface area contributed by atoms with Crippen LogP contribution in [0.4, 0.5) is 35.1 Å². The van der Waals surface area contributed by atoms with Crippen LogP contribution in [0.25, 0.3) is 198 Å². The van der Waals surface area contributed by atoms with Crippen molar-refractivity contribution < 1.29 is 35.1 Å². The van der Waals surface area contributed by atoms with E-state index in [4.69, 9.17) is 9.97 Å². The highest BCUT2D eigenvalue weighted by Gasteiger charge is 2.27. The van der Waals surface area contributed by atoms with Crippen LogP contribution in [0.5, 0.6) is 0 Å². The van der Waals surface area contributed by atoms with Crippen LogP contribution >= 0.6 is 0 Å². The van der Waals surface area contributed by atoms with E-state index in [-0.39, 0.29) is 0 Å². The molecule has 22 rings (SSSR count). The van der Waals surface area contributed by atoms with Gasteiger partial charge in [0.25, 0.3) is 0 Å². The highest BCUT2D eigenvalue weighted by atomic mass is 19.2. The first-order chi connectivity index (χ1) is 55.6. The van der Waals surface area contributed by atoms with E-state index in [2.05, 4.69) is 58.5 Å². The molecule has 8 heterocycles. The monoisotopic (exact) mass is 1500 g/mol. The summed E-state index contributed by atoms with van der Waals surface area (Å²) in [6.07, 6.45) is 10.9. The number of benzene rings is 14. The van der Waals surface area contributed by atoms with Crippen molar-refractivity contribution in [3.8, 4) is 67.5 Å². The third kappa shape index (κ3) is 10.8. The Labute approximate surface area is 643 Å². The van der Waals surface area contributed by atoms with Crippen LogP contribution < -0.4 is 0 Å². The van der Waals surface area contributed by atoms with Gasteiger partial charge in [0.15, 0.2) is 0 Å². The Bertz CT molecular complexity index is 7140. The lowest BCUT2D eigenvalue weighted by atomic mass is 9.86. The molecule has 0 fully saturated rings. The van der Waals surface area contributed by atoms with Gasteiger partial charge in [-0.1, -0.05) is 48.5 Å². The molecule has 0 atom stereocenters. The lowest BCUT2D eigenvalue weighted by molar-refractivity contribution is 0.628. The van der Waals surface area contributed by atoms with Gasteiger partial charge in [0.05, 0.1) is 55.5 Å². The highest BCUT2D eigenvalue weighted by molar-refractivity contribution is 6.25. The maximum Gasteiger partial charge on any atom is 0.123 e. The quantitative estimate of drug-likeness (QED) is 0.112. The summed E-state index contributed by atoms with van der Waals surface area (Å²) in [6.45, 7) is 4.00. The minimum absolute atomic E-state index is 0.398. The Morgan fingerprint density at radius 3 is 0.667 bits per heavy atom. The molecule has 0 unspecified atom stereocenters. The highest BCUT2D eigenvalue weighted by Crippen LogP contribution is 2.50. The van der Waals surface area contributed by atoms with Crippen LogP contribution in [0.3, 0.4) is 0 Å². The first-order valence-electron chi connectivity index (χ1n) is 36.9. The Balaban J connectivity index is 0.000000143. The van der Waals surface area contributed by atoms with Crippen LogP contribution in [0.15, 0.2) is 304 Å². The molecule has 8 nitrogen and oxygen atoms in total. The lowest BCUT2D eigenvalue weighted by Crippen LogP contribution is -1.99. The fourth-order valence-electron chi connectivity index (χ4n) is 17.4. The van der Waals surface area contributed by atoms with Gasteiger partial charge in [-0.25, -0.2) is 35.1 Å². The molecule has 544 valence electrons. The summed E-state index contributed by atoms with van der Waals surface area (Å²) in [7, 11) is 0. The van der Waals surface area contributed by atoms with E-state index in [0.717, 1.165) is 166 Å². The van der Waals surface area contributed by atoms with Crippen molar-refractivity contribution in [1.29, 1.82) is 0 Å². The molecule has 14 aromatic carbocycles. The summed E-state index contributed by atoms with van der Waals surface area (Å²) in [4.78, 5) is 19.0. The molecule has 0 aliphatic carbocycles. The zero-order valence-electron chi connectivity index (χ0n) is 60.5. The number of hydrogen-bond donors (Lipinski definition) is 0. The molecule has 0 saturated heterocycles. The molecule has 0 spiro atoms. The summed E-state index contributed by atoms with van der Waals surface area (Å²) in [5.74, 6) is -3.19. The predicted molar refractivity (Wildman–Crippen MR) is 442 cm³/mol. The van der Waals surface area contributed by atoms with Crippen molar-refractivity contribution >= 4 is 130 Å². The van der Waals surface area contributed by atoms with E-state index in [1.807, 2.05) is 130 Å². The second-order valence-corrected chi connectivity index (χ2v) is 29.0. The van der Waals surface area contributed by atoms with E-state index in [0.29, 0.717) is 43.1 Å². The Morgan fingerprint density at radius 1 is 0.211 bits per heavy atom. The fourth-order valence-corrected chi connectivity index (χ4v) is 17.4. The van der Waals surface area contributed by atoms with Crippen LogP contribution in [0.1, 0.15) is 11.1 Å². The van der Waals surface area contributed by atoms with Gasteiger partial charge in [0.1, 0.15) is 46.5 Å². The summed E-state index contributed by atoms with van der Waals surface area (Å²) >= 11 is 0. The number of aromatic nitrogens is 8. The summed E-state index contributed by atoms with van der Waals surface area (Å²) in [5.41, 5.74) is 18.3. The molecule has 0 bridgehead atoms. The van der Waals surface area contributed by atoms with Gasteiger partial charge in [-0.05, 0) is 298 Å². The largest absolute Gasteiger partial charge is 0.309 e. The standard InChI is InChI=1S/C50H30F4N4.C48H26F4N4/c1-27-3-13-43(55-25-27)49-35-11-9-34(58-47-17-7-31(53)21-39(47)40-22-32(54)8-18-48(40)58)24-42(35)50(44-14-4-28(2)26-56-44)36-12-10-33(23-41(36)49)57-45-15-5-29(51)19-37(45)38-20-30(52)6-16-46(38)57;49-29-5-13-43-37(19-29)38-20-30(50)6-14-44(38)55(43)33-10-12-36-41(23-33)47(27-3-1-17-53-25-27)35-11-9-34(24-42(35)48(36)28-4-2-18-54-26-28)56-45-15-7-31(51)21-39(45)40-22-32(52)8-16-46(40)56/h3-26H,1-2H3;1-26H. The van der Waals surface area contributed by atoms with Gasteiger partial charge >= 0.3 is 0 Å².